The van der Waals surface area contributed by atoms with Crippen molar-refractivity contribution in [1.29, 1.82) is 0 Å². The van der Waals surface area contributed by atoms with Crippen molar-refractivity contribution in [2.75, 3.05) is 34.4 Å². The zero-order valence-corrected chi connectivity index (χ0v) is 15.9. The Bertz CT molecular complexity index is 842. The van der Waals surface area contributed by atoms with Gasteiger partial charge in [0.05, 0.1) is 18.4 Å². The number of likely N-dealkylation sites (N-methyl/N-ethyl adjacent to an activating group) is 1. The molecule has 1 aromatic heterocycles. The van der Waals surface area contributed by atoms with Gasteiger partial charge in [-0.2, -0.15) is 0 Å². The molecule has 0 saturated carbocycles. The van der Waals surface area contributed by atoms with E-state index in [9.17, 15) is 0 Å². The van der Waals surface area contributed by atoms with E-state index >= 15 is 0 Å². The van der Waals surface area contributed by atoms with Crippen LogP contribution in [0, 0.1) is 0 Å². The van der Waals surface area contributed by atoms with Crippen LogP contribution in [0.1, 0.15) is 0 Å². The van der Waals surface area contributed by atoms with Gasteiger partial charge in [-0.1, -0.05) is 23.7 Å². The van der Waals surface area contributed by atoms with Gasteiger partial charge in [-0.25, -0.2) is 4.68 Å². The molecule has 0 N–H and O–H groups in total. The predicted octanol–water partition coefficient (Wildman–Crippen LogP) is 4.14. The fourth-order valence-electron chi connectivity index (χ4n) is 2.48. The van der Waals surface area contributed by atoms with Crippen LogP contribution in [0.15, 0.2) is 54.7 Å². The average molecular weight is 372 g/mol. The molecular weight excluding hydrogens is 350 g/mol. The molecule has 0 aliphatic heterocycles. The van der Waals surface area contributed by atoms with Gasteiger partial charge in [0.2, 0.25) is 5.88 Å². The summed E-state index contributed by atoms with van der Waals surface area (Å²) in [5.41, 5.74) is 2.87. The summed E-state index contributed by atoms with van der Waals surface area (Å²) in [5.74, 6) is 1.42. The molecule has 1 heterocycles. The fourth-order valence-corrected chi connectivity index (χ4v) is 2.61. The van der Waals surface area contributed by atoms with E-state index in [-0.39, 0.29) is 0 Å². The first-order valence-corrected chi connectivity index (χ1v) is 8.72. The highest BCUT2D eigenvalue weighted by molar-refractivity contribution is 6.30. The summed E-state index contributed by atoms with van der Waals surface area (Å²) >= 11 is 5.99. The maximum Gasteiger partial charge on any atom is 0.241 e. The Morgan fingerprint density at radius 1 is 1.04 bits per heavy atom. The van der Waals surface area contributed by atoms with Crippen molar-refractivity contribution < 1.29 is 9.47 Å². The van der Waals surface area contributed by atoms with Crippen LogP contribution in [0.4, 0.5) is 0 Å². The summed E-state index contributed by atoms with van der Waals surface area (Å²) in [4.78, 5) is 2.07. The van der Waals surface area contributed by atoms with E-state index in [2.05, 4.69) is 10.00 Å². The summed E-state index contributed by atoms with van der Waals surface area (Å²) in [5, 5.41) is 5.32. The summed E-state index contributed by atoms with van der Waals surface area (Å²) < 4.78 is 13.0. The predicted molar refractivity (Wildman–Crippen MR) is 105 cm³/mol. The third-order valence-electron chi connectivity index (χ3n) is 3.95. The number of ether oxygens (including phenoxy) is 2. The van der Waals surface area contributed by atoms with Crippen molar-refractivity contribution in [1.82, 2.24) is 14.7 Å². The van der Waals surface area contributed by atoms with Crippen molar-refractivity contribution in [2.24, 2.45) is 0 Å². The van der Waals surface area contributed by atoms with Crippen LogP contribution >= 0.6 is 11.6 Å². The van der Waals surface area contributed by atoms with Crippen LogP contribution in [0.5, 0.6) is 11.6 Å². The summed E-state index contributed by atoms with van der Waals surface area (Å²) in [6.07, 6.45) is 1.97. The number of aromatic nitrogens is 2. The molecule has 0 bridgehead atoms. The van der Waals surface area contributed by atoms with E-state index in [1.165, 1.54) is 0 Å². The zero-order valence-electron chi connectivity index (χ0n) is 15.1. The molecule has 0 amide bonds. The highest BCUT2D eigenvalue weighted by atomic mass is 35.5. The number of halogens is 1. The van der Waals surface area contributed by atoms with E-state index in [1.54, 1.807) is 11.8 Å². The second kappa shape index (κ2) is 8.25. The molecule has 0 aliphatic carbocycles. The lowest BCUT2D eigenvalue weighted by molar-refractivity contribution is 0.253. The van der Waals surface area contributed by atoms with Crippen LogP contribution in [0.2, 0.25) is 5.02 Å². The monoisotopic (exact) mass is 371 g/mol. The second-order valence-corrected chi connectivity index (χ2v) is 6.59. The first-order chi connectivity index (χ1) is 12.6. The topological polar surface area (TPSA) is 39.5 Å². The third-order valence-corrected chi connectivity index (χ3v) is 4.20. The number of benzene rings is 2. The number of hydrogen-bond acceptors (Lipinski definition) is 4. The normalized spacial score (nSPS) is 11.0. The first-order valence-electron chi connectivity index (χ1n) is 8.34. The van der Waals surface area contributed by atoms with Crippen molar-refractivity contribution in [3.05, 3.63) is 59.8 Å². The molecule has 0 aliphatic rings. The highest BCUT2D eigenvalue weighted by Gasteiger charge is 2.14. The summed E-state index contributed by atoms with van der Waals surface area (Å²) in [7, 11) is 5.68. The Morgan fingerprint density at radius 3 is 2.35 bits per heavy atom. The maximum atomic E-state index is 5.99. The summed E-state index contributed by atoms with van der Waals surface area (Å²) in [6.45, 7) is 1.38. The Labute approximate surface area is 158 Å². The minimum atomic E-state index is 0.563. The molecule has 6 heteroatoms. The van der Waals surface area contributed by atoms with E-state index in [1.807, 2.05) is 68.8 Å². The largest absolute Gasteiger partial charge is 0.497 e. The fraction of sp³-hybridized carbons (Fsp3) is 0.250. The molecule has 26 heavy (non-hydrogen) atoms. The Morgan fingerprint density at radius 2 is 1.73 bits per heavy atom. The standard InChI is InChI=1S/C20H22ClN3O2/c1-23(2)12-13-26-20-19(15-4-10-18(25-3)11-5-15)14-24(22-20)17-8-6-16(21)7-9-17/h4-11,14H,12-13H2,1-3H3. The van der Waals surface area contributed by atoms with Gasteiger partial charge >= 0.3 is 0 Å². The second-order valence-electron chi connectivity index (χ2n) is 6.15. The molecule has 2 aromatic carbocycles. The maximum absolute atomic E-state index is 5.99. The van der Waals surface area contributed by atoms with Crippen LogP contribution in [-0.4, -0.2) is 49.0 Å². The van der Waals surface area contributed by atoms with Crippen molar-refractivity contribution in [2.45, 2.75) is 0 Å². The third kappa shape index (κ3) is 4.36. The number of hydrogen-bond donors (Lipinski definition) is 0. The zero-order chi connectivity index (χ0) is 18.5. The highest BCUT2D eigenvalue weighted by Crippen LogP contribution is 2.31. The molecule has 0 atom stereocenters. The lowest BCUT2D eigenvalue weighted by atomic mass is 10.1. The molecule has 136 valence electrons. The van der Waals surface area contributed by atoms with E-state index in [0.29, 0.717) is 17.5 Å². The van der Waals surface area contributed by atoms with E-state index in [0.717, 1.165) is 29.1 Å². The minimum absolute atomic E-state index is 0.563. The average Bonchev–Trinajstić information content (AvgIpc) is 3.06. The molecule has 0 saturated heterocycles. The van der Waals surface area contributed by atoms with Gasteiger partial charge in [0.1, 0.15) is 12.4 Å². The van der Waals surface area contributed by atoms with Gasteiger partial charge in [0, 0.05) is 17.8 Å². The Hall–Kier alpha value is -2.50. The van der Waals surface area contributed by atoms with E-state index < -0.39 is 0 Å². The number of rotatable bonds is 7. The van der Waals surface area contributed by atoms with Gasteiger partial charge in [-0.15, -0.1) is 5.10 Å². The molecule has 0 unspecified atom stereocenters. The molecular formula is C20H22ClN3O2. The Kier molecular flexibility index (Phi) is 5.81. The van der Waals surface area contributed by atoms with Crippen molar-refractivity contribution in [3.63, 3.8) is 0 Å². The lowest BCUT2D eigenvalue weighted by Gasteiger charge is -2.10. The number of nitrogens with zero attached hydrogens (tertiary/aromatic N) is 3. The quantitative estimate of drug-likeness (QED) is 0.625. The lowest BCUT2D eigenvalue weighted by Crippen LogP contribution is -2.19. The van der Waals surface area contributed by atoms with Crippen LogP contribution in [-0.2, 0) is 0 Å². The molecule has 3 rings (SSSR count). The molecule has 0 fully saturated rings. The number of methoxy groups -OCH3 is 1. The molecule has 0 radical (unpaired) electrons. The molecule has 3 aromatic rings. The minimum Gasteiger partial charge on any atom is -0.497 e. The van der Waals surface area contributed by atoms with Crippen LogP contribution < -0.4 is 9.47 Å². The van der Waals surface area contributed by atoms with Crippen LogP contribution in [0.3, 0.4) is 0 Å². The summed E-state index contributed by atoms with van der Waals surface area (Å²) in [6, 6.07) is 15.4. The SMILES string of the molecule is COc1ccc(-c2cn(-c3ccc(Cl)cc3)nc2OCCN(C)C)cc1. The molecule has 5 nitrogen and oxygen atoms in total. The smallest absolute Gasteiger partial charge is 0.241 e. The van der Waals surface area contributed by atoms with Crippen molar-refractivity contribution >= 4 is 11.6 Å². The van der Waals surface area contributed by atoms with Gasteiger partial charge in [0.25, 0.3) is 0 Å². The van der Waals surface area contributed by atoms with Gasteiger partial charge < -0.3 is 14.4 Å². The van der Waals surface area contributed by atoms with Gasteiger partial charge in [-0.05, 0) is 56.1 Å². The van der Waals surface area contributed by atoms with E-state index in [4.69, 9.17) is 21.1 Å². The Balaban J connectivity index is 1.94. The van der Waals surface area contributed by atoms with Gasteiger partial charge in [0.15, 0.2) is 0 Å². The van der Waals surface area contributed by atoms with Crippen molar-refractivity contribution in [3.8, 4) is 28.4 Å². The van der Waals surface area contributed by atoms with Gasteiger partial charge in [-0.3, -0.25) is 0 Å². The first kappa shape index (κ1) is 18.3. The van der Waals surface area contributed by atoms with Crippen LogP contribution in [0.25, 0.3) is 16.8 Å². The molecule has 0 spiro atoms.